The highest BCUT2D eigenvalue weighted by Crippen LogP contribution is 2.33. The van der Waals surface area contributed by atoms with E-state index in [4.69, 9.17) is 15.0 Å². The second-order valence-corrected chi connectivity index (χ2v) is 8.07. The summed E-state index contributed by atoms with van der Waals surface area (Å²) in [7, 11) is 0. The normalized spacial score (nSPS) is 15.3. The average Bonchev–Trinajstić information content (AvgIpc) is 3.22. The molecule has 0 unspecified atom stereocenters. The first-order valence-corrected chi connectivity index (χ1v) is 10.7. The van der Waals surface area contributed by atoms with Gasteiger partial charge < -0.3 is 19.9 Å². The summed E-state index contributed by atoms with van der Waals surface area (Å²) < 4.78 is 25.9. The minimum absolute atomic E-state index is 0.114. The van der Waals surface area contributed by atoms with Crippen LogP contribution in [-0.2, 0) is 4.74 Å². The number of oxazole rings is 1. The van der Waals surface area contributed by atoms with Gasteiger partial charge in [-0.15, -0.1) is 5.11 Å². The summed E-state index contributed by atoms with van der Waals surface area (Å²) in [4.78, 5) is 22.4. The minimum atomic E-state index is -0.418. The molecule has 2 heterocycles. The molecule has 0 spiro atoms. The molecule has 9 nitrogen and oxygen atoms in total. The van der Waals surface area contributed by atoms with E-state index in [-0.39, 0.29) is 18.1 Å². The largest absolute Gasteiger partial charge is 0.447 e. The maximum absolute atomic E-state index is 14.7. The molecule has 0 radical (unpaired) electrons. The number of amides is 1. The number of nitrogens with two attached hydrogens (primary N) is 1. The Morgan fingerprint density at radius 2 is 2.06 bits per heavy atom. The molecule has 1 fully saturated rings. The standard InChI is InChI=1S/C23H25FN6O3/c1-14(2)32-23(31)30-9-7-15(8-10-30)22-28-20-11-16(3-6-21(20)33-22)18-5-4-17(12-19(18)24)26-13-27-29-25/h3-6,11-15H,7-10H2,1-2H3,(H2,25,26,27). The summed E-state index contributed by atoms with van der Waals surface area (Å²) in [6.45, 7) is 4.85. The van der Waals surface area contributed by atoms with Crippen LogP contribution in [0.2, 0.25) is 0 Å². The van der Waals surface area contributed by atoms with Gasteiger partial charge in [0.1, 0.15) is 17.7 Å². The first kappa shape index (κ1) is 22.4. The molecule has 0 atom stereocenters. The number of likely N-dealkylation sites (tertiary alicyclic amines) is 1. The number of carbonyl (C=O) groups excluding carboxylic acids is 1. The number of hydrogen-bond acceptors (Lipinski definition) is 6. The van der Waals surface area contributed by atoms with Crippen LogP contribution in [0.15, 0.2) is 56.1 Å². The molecule has 2 aromatic carbocycles. The number of piperidine rings is 1. The van der Waals surface area contributed by atoms with E-state index in [2.05, 4.69) is 20.3 Å². The number of aromatic nitrogens is 1. The topological polar surface area (TPSA) is 119 Å². The average molecular weight is 452 g/mol. The van der Waals surface area contributed by atoms with Crippen molar-refractivity contribution < 1.29 is 18.3 Å². The van der Waals surface area contributed by atoms with Gasteiger partial charge in [0.15, 0.2) is 11.5 Å². The van der Waals surface area contributed by atoms with Crippen molar-refractivity contribution in [3.05, 3.63) is 48.1 Å². The van der Waals surface area contributed by atoms with Crippen molar-refractivity contribution in [2.75, 3.05) is 13.1 Å². The quantitative estimate of drug-likeness (QED) is 0.184. The number of benzene rings is 2. The molecule has 0 aliphatic carbocycles. The Bertz CT molecular complexity index is 1200. The van der Waals surface area contributed by atoms with E-state index < -0.39 is 5.82 Å². The SMILES string of the molecule is CC(C)OC(=O)N1CCC(c2nc3cc(-c4ccc(N=CN=NN)cc4F)ccc3o2)CC1. The van der Waals surface area contributed by atoms with Crippen LogP contribution in [0.25, 0.3) is 22.2 Å². The first-order valence-electron chi connectivity index (χ1n) is 10.7. The number of aliphatic imine (C=N–C) groups is 1. The van der Waals surface area contributed by atoms with Crippen molar-refractivity contribution in [3.63, 3.8) is 0 Å². The minimum Gasteiger partial charge on any atom is -0.447 e. The summed E-state index contributed by atoms with van der Waals surface area (Å²) >= 11 is 0. The van der Waals surface area contributed by atoms with Crippen molar-refractivity contribution in [2.24, 2.45) is 21.2 Å². The number of hydrogen-bond donors (Lipinski definition) is 1. The Morgan fingerprint density at radius 3 is 2.76 bits per heavy atom. The summed E-state index contributed by atoms with van der Waals surface area (Å²) in [5, 5.41) is 6.49. The number of halogens is 1. The van der Waals surface area contributed by atoms with Crippen molar-refractivity contribution in [1.82, 2.24) is 9.88 Å². The van der Waals surface area contributed by atoms with Crippen LogP contribution >= 0.6 is 0 Å². The zero-order valence-electron chi connectivity index (χ0n) is 18.4. The summed E-state index contributed by atoms with van der Waals surface area (Å²) in [5.74, 6) is 5.24. The molecule has 2 N–H and O–H groups in total. The molecule has 33 heavy (non-hydrogen) atoms. The maximum Gasteiger partial charge on any atom is 0.410 e. The molecule has 1 aliphatic heterocycles. The molecule has 3 aromatic rings. The van der Waals surface area contributed by atoms with Crippen LogP contribution in [0.3, 0.4) is 0 Å². The van der Waals surface area contributed by atoms with Crippen LogP contribution in [0, 0.1) is 5.82 Å². The van der Waals surface area contributed by atoms with Crippen molar-refractivity contribution >= 4 is 29.2 Å². The van der Waals surface area contributed by atoms with Crippen LogP contribution in [0.5, 0.6) is 0 Å². The molecule has 0 bridgehead atoms. The lowest BCUT2D eigenvalue weighted by Crippen LogP contribution is -2.39. The summed E-state index contributed by atoms with van der Waals surface area (Å²) in [6, 6.07) is 10.0. The van der Waals surface area contributed by atoms with Crippen LogP contribution < -0.4 is 5.84 Å². The van der Waals surface area contributed by atoms with Crippen molar-refractivity contribution in [2.45, 2.75) is 38.7 Å². The van der Waals surface area contributed by atoms with Crippen molar-refractivity contribution in [3.8, 4) is 11.1 Å². The van der Waals surface area contributed by atoms with E-state index in [1.54, 1.807) is 29.2 Å². The van der Waals surface area contributed by atoms with Crippen molar-refractivity contribution in [1.29, 1.82) is 0 Å². The monoisotopic (exact) mass is 452 g/mol. The van der Waals surface area contributed by atoms with Gasteiger partial charge in [-0.1, -0.05) is 11.3 Å². The van der Waals surface area contributed by atoms with Crippen LogP contribution in [-0.4, -0.2) is 41.5 Å². The zero-order valence-corrected chi connectivity index (χ0v) is 18.4. The fourth-order valence-corrected chi connectivity index (χ4v) is 3.81. The molecule has 172 valence electrons. The van der Waals surface area contributed by atoms with E-state index in [0.717, 1.165) is 19.2 Å². The molecule has 1 amide bonds. The summed E-state index contributed by atoms with van der Waals surface area (Å²) in [5.41, 5.74) is 2.82. The number of nitrogens with zero attached hydrogens (tertiary/aromatic N) is 5. The second kappa shape index (κ2) is 9.76. The maximum atomic E-state index is 14.7. The third-order valence-corrected chi connectivity index (χ3v) is 5.43. The van der Waals surface area contributed by atoms with E-state index in [9.17, 15) is 9.18 Å². The number of fused-ring (bicyclic) bond motifs is 1. The number of carbonyl (C=O) groups is 1. The van der Waals surface area contributed by atoms with Gasteiger partial charge in [-0.25, -0.2) is 19.2 Å². The lowest BCUT2D eigenvalue weighted by molar-refractivity contribution is 0.0681. The highest BCUT2D eigenvalue weighted by Gasteiger charge is 2.28. The van der Waals surface area contributed by atoms with E-state index in [1.807, 2.05) is 19.9 Å². The van der Waals surface area contributed by atoms with Gasteiger partial charge in [-0.3, -0.25) is 0 Å². The van der Waals surface area contributed by atoms with Gasteiger partial charge in [0.25, 0.3) is 0 Å². The summed E-state index contributed by atoms with van der Waals surface area (Å²) in [6.07, 6.45) is 2.21. The van der Waals surface area contributed by atoms with Gasteiger partial charge in [-0.2, -0.15) is 0 Å². The van der Waals surface area contributed by atoms with Crippen LogP contribution in [0.1, 0.15) is 38.5 Å². The zero-order chi connectivity index (χ0) is 23.4. The molecular weight excluding hydrogens is 427 g/mol. The van der Waals surface area contributed by atoms with E-state index in [1.165, 1.54) is 6.07 Å². The highest BCUT2D eigenvalue weighted by atomic mass is 19.1. The first-order chi connectivity index (χ1) is 15.9. The third-order valence-electron chi connectivity index (χ3n) is 5.43. The number of ether oxygens (including phenoxy) is 1. The van der Waals surface area contributed by atoms with Gasteiger partial charge in [0.2, 0.25) is 0 Å². The van der Waals surface area contributed by atoms with Gasteiger partial charge in [0, 0.05) is 30.6 Å². The Morgan fingerprint density at radius 1 is 1.27 bits per heavy atom. The Kier molecular flexibility index (Phi) is 6.62. The molecule has 10 heteroatoms. The molecule has 0 saturated carbocycles. The fraction of sp³-hybridized carbons (Fsp3) is 0.348. The van der Waals surface area contributed by atoms with Gasteiger partial charge in [-0.05, 0) is 56.5 Å². The Hall–Kier alpha value is -3.82. The predicted octanol–water partition coefficient (Wildman–Crippen LogP) is 5.34. The molecular formula is C23H25FN6O3. The highest BCUT2D eigenvalue weighted by molar-refractivity contribution is 5.81. The number of rotatable bonds is 5. The lowest BCUT2D eigenvalue weighted by Gasteiger charge is -2.30. The van der Waals surface area contributed by atoms with Gasteiger partial charge >= 0.3 is 6.09 Å². The Balaban J connectivity index is 1.49. The lowest BCUT2D eigenvalue weighted by atomic mass is 9.97. The fourth-order valence-electron chi connectivity index (χ4n) is 3.81. The molecule has 1 saturated heterocycles. The van der Waals surface area contributed by atoms with Crippen LogP contribution in [0.4, 0.5) is 14.9 Å². The third kappa shape index (κ3) is 5.16. The Labute approximate surface area is 190 Å². The smallest absolute Gasteiger partial charge is 0.410 e. The molecule has 1 aromatic heterocycles. The van der Waals surface area contributed by atoms with E-state index in [0.29, 0.717) is 46.9 Å². The second-order valence-electron chi connectivity index (χ2n) is 8.07. The predicted molar refractivity (Wildman–Crippen MR) is 122 cm³/mol. The van der Waals surface area contributed by atoms with Gasteiger partial charge in [0.05, 0.1) is 11.8 Å². The molecule has 4 rings (SSSR count). The molecule has 1 aliphatic rings. The van der Waals surface area contributed by atoms with E-state index >= 15 is 0 Å².